The van der Waals surface area contributed by atoms with Crippen molar-refractivity contribution in [3.05, 3.63) is 48.4 Å². The SMILES string of the molecule is COc1ncc(-c2ccc3c(c2)CC(NC(=O)C2C(CCOCC4CC4)Oc4ccnn42)CO3)cn1. The predicted octanol–water partition coefficient (Wildman–Crippen LogP) is 2.59. The van der Waals surface area contributed by atoms with Crippen LogP contribution in [-0.2, 0) is 16.0 Å². The zero-order valence-electron chi connectivity index (χ0n) is 20.1. The van der Waals surface area contributed by atoms with E-state index >= 15 is 0 Å². The Morgan fingerprint density at radius 3 is 2.86 bits per heavy atom. The molecule has 4 heterocycles. The van der Waals surface area contributed by atoms with Gasteiger partial charge < -0.3 is 24.3 Å². The summed E-state index contributed by atoms with van der Waals surface area (Å²) in [5.74, 6) is 2.01. The molecule has 0 spiro atoms. The fourth-order valence-electron chi connectivity index (χ4n) is 4.74. The highest BCUT2D eigenvalue weighted by Crippen LogP contribution is 2.34. The summed E-state index contributed by atoms with van der Waals surface area (Å²) in [6, 6.07) is 7.40. The van der Waals surface area contributed by atoms with Crippen molar-refractivity contribution in [2.24, 2.45) is 5.92 Å². The van der Waals surface area contributed by atoms with Crippen molar-refractivity contribution in [2.45, 2.75) is 43.9 Å². The Labute approximate surface area is 208 Å². The smallest absolute Gasteiger partial charge is 0.316 e. The molecule has 0 radical (unpaired) electrons. The molecular weight excluding hydrogens is 462 g/mol. The van der Waals surface area contributed by atoms with Crippen molar-refractivity contribution in [3.8, 4) is 28.8 Å². The third-order valence-electron chi connectivity index (χ3n) is 6.84. The quantitative estimate of drug-likeness (QED) is 0.455. The maximum Gasteiger partial charge on any atom is 0.316 e. The number of fused-ring (bicyclic) bond motifs is 2. The van der Waals surface area contributed by atoms with Gasteiger partial charge in [0, 0.05) is 37.1 Å². The maximum atomic E-state index is 13.4. The number of methoxy groups -OCH3 is 1. The highest BCUT2D eigenvalue weighted by Gasteiger charge is 2.41. The minimum Gasteiger partial charge on any atom is -0.491 e. The van der Waals surface area contributed by atoms with E-state index in [9.17, 15) is 4.79 Å². The molecule has 1 amide bonds. The molecule has 3 atom stereocenters. The van der Waals surface area contributed by atoms with E-state index in [0.29, 0.717) is 43.9 Å². The molecule has 10 nitrogen and oxygen atoms in total. The van der Waals surface area contributed by atoms with Crippen LogP contribution in [0.4, 0.5) is 0 Å². The minimum atomic E-state index is -0.538. The number of nitrogens with one attached hydrogen (secondary N) is 1. The molecule has 2 aliphatic heterocycles. The van der Waals surface area contributed by atoms with Crippen LogP contribution in [0.1, 0.15) is 30.9 Å². The molecule has 10 heteroatoms. The summed E-state index contributed by atoms with van der Waals surface area (Å²) in [4.78, 5) is 21.8. The van der Waals surface area contributed by atoms with Crippen molar-refractivity contribution < 1.29 is 23.7 Å². The summed E-state index contributed by atoms with van der Waals surface area (Å²) in [7, 11) is 1.54. The second-order valence-corrected chi connectivity index (χ2v) is 9.52. The molecular formula is C26H29N5O5. The summed E-state index contributed by atoms with van der Waals surface area (Å²) in [6.07, 6.45) is 8.59. The van der Waals surface area contributed by atoms with Gasteiger partial charge in [-0.1, -0.05) is 6.07 Å². The Hall–Kier alpha value is -3.66. The number of nitrogens with zero attached hydrogens (tertiary/aromatic N) is 4. The van der Waals surface area contributed by atoms with Crippen molar-refractivity contribution >= 4 is 5.91 Å². The number of hydrogen-bond acceptors (Lipinski definition) is 8. The standard InChI is InChI=1S/C26H29N5O5/c1-33-26-27-12-19(13-28-26)17-4-5-21-18(10-17)11-20(15-35-21)30-25(32)24-22(7-9-34-14-16-2-3-16)36-23-6-8-29-31(23)24/h4-6,8,10,12-13,16,20,22,24H,2-3,7,9,11,14-15H2,1H3,(H,30,32). The van der Waals surface area contributed by atoms with Crippen LogP contribution in [0, 0.1) is 5.92 Å². The van der Waals surface area contributed by atoms with Gasteiger partial charge in [-0.2, -0.15) is 5.10 Å². The molecule has 1 aliphatic carbocycles. The number of carbonyl (C=O) groups excluding carboxylic acids is 1. The summed E-state index contributed by atoms with van der Waals surface area (Å²) in [5.41, 5.74) is 2.88. The lowest BCUT2D eigenvalue weighted by molar-refractivity contribution is -0.127. The van der Waals surface area contributed by atoms with Crippen molar-refractivity contribution in [3.63, 3.8) is 0 Å². The van der Waals surface area contributed by atoms with Crippen LogP contribution in [0.2, 0.25) is 0 Å². The molecule has 188 valence electrons. The molecule has 3 unspecified atom stereocenters. The molecule has 1 saturated carbocycles. The molecule has 3 aliphatic rings. The molecule has 0 saturated heterocycles. The summed E-state index contributed by atoms with van der Waals surface area (Å²) < 4.78 is 24.5. The van der Waals surface area contributed by atoms with E-state index in [-0.39, 0.29) is 18.1 Å². The van der Waals surface area contributed by atoms with Gasteiger partial charge in [-0.15, -0.1) is 0 Å². The first-order valence-electron chi connectivity index (χ1n) is 12.4. The van der Waals surface area contributed by atoms with Gasteiger partial charge in [0.25, 0.3) is 0 Å². The van der Waals surface area contributed by atoms with Crippen LogP contribution < -0.4 is 19.5 Å². The topological polar surface area (TPSA) is 110 Å². The van der Waals surface area contributed by atoms with Crippen LogP contribution in [0.3, 0.4) is 0 Å². The van der Waals surface area contributed by atoms with Crippen molar-refractivity contribution in [2.75, 3.05) is 26.9 Å². The number of amides is 1. The van der Waals surface area contributed by atoms with Crippen molar-refractivity contribution in [1.29, 1.82) is 0 Å². The molecule has 1 aromatic carbocycles. The zero-order valence-corrected chi connectivity index (χ0v) is 20.1. The Kier molecular flexibility index (Phi) is 6.18. The van der Waals surface area contributed by atoms with E-state index in [1.165, 1.54) is 20.0 Å². The van der Waals surface area contributed by atoms with Gasteiger partial charge in [-0.05, 0) is 48.4 Å². The van der Waals surface area contributed by atoms with Crippen LogP contribution in [0.5, 0.6) is 17.6 Å². The first-order chi connectivity index (χ1) is 17.7. The number of aromatic nitrogens is 4. The molecule has 1 fully saturated rings. The van der Waals surface area contributed by atoms with Gasteiger partial charge in [0.15, 0.2) is 6.04 Å². The monoisotopic (exact) mass is 491 g/mol. The lowest BCUT2D eigenvalue weighted by Crippen LogP contribution is -2.47. The lowest BCUT2D eigenvalue weighted by Gasteiger charge is -2.28. The largest absolute Gasteiger partial charge is 0.491 e. The van der Waals surface area contributed by atoms with Gasteiger partial charge in [0.2, 0.25) is 11.8 Å². The van der Waals surface area contributed by atoms with E-state index in [0.717, 1.165) is 29.0 Å². The average Bonchev–Trinajstić information content (AvgIpc) is 3.51. The van der Waals surface area contributed by atoms with Crippen molar-refractivity contribution in [1.82, 2.24) is 25.1 Å². The molecule has 6 rings (SSSR count). The molecule has 36 heavy (non-hydrogen) atoms. The molecule has 2 aromatic heterocycles. The minimum absolute atomic E-state index is 0.124. The summed E-state index contributed by atoms with van der Waals surface area (Å²) in [5, 5.41) is 7.51. The van der Waals surface area contributed by atoms with Crippen LogP contribution in [-0.4, -0.2) is 64.7 Å². The number of carbonyl (C=O) groups is 1. The van der Waals surface area contributed by atoms with Gasteiger partial charge in [-0.25, -0.2) is 14.6 Å². The third kappa shape index (κ3) is 4.73. The van der Waals surface area contributed by atoms with E-state index < -0.39 is 6.04 Å². The third-order valence-corrected chi connectivity index (χ3v) is 6.84. The first kappa shape index (κ1) is 22.8. The number of ether oxygens (including phenoxy) is 4. The summed E-state index contributed by atoms with van der Waals surface area (Å²) >= 11 is 0. The zero-order chi connectivity index (χ0) is 24.5. The van der Waals surface area contributed by atoms with Crippen LogP contribution in [0.25, 0.3) is 11.1 Å². The Bertz CT molecular complexity index is 1230. The fraction of sp³-hybridized carbons (Fsp3) is 0.462. The Morgan fingerprint density at radius 1 is 1.19 bits per heavy atom. The van der Waals surface area contributed by atoms with Crippen LogP contribution in [0.15, 0.2) is 42.9 Å². The van der Waals surface area contributed by atoms with Gasteiger partial charge in [0.1, 0.15) is 18.5 Å². The van der Waals surface area contributed by atoms with E-state index in [1.54, 1.807) is 29.3 Å². The van der Waals surface area contributed by atoms with E-state index in [4.69, 9.17) is 18.9 Å². The molecule has 3 aromatic rings. The highest BCUT2D eigenvalue weighted by atomic mass is 16.5. The number of rotatable bonds is 9. The Morgan fingerprint density at radius 2 is 2.06 bits per heavy atom. The normalized spacial score (nSPS) is 22.2. The maximum absolute atomic E-state index is 13.4. The number of hydrogen-bond donors (Lipinski definition) is 1. The van der Waals surface area contributed by atoms with E-state index in [2.05, 4.69) is 26.4 Å². The average molecular weight is 492 g/mol. The Balaban J connectivity index is 1.12. The van der Waals surface area contributed by atoms with Gasteiger partial charge in [0.05, 0.1) is 26.0 Å². The van der Waals surface area contributed by atoms with E-state index in [1.807, 2.05) is 12.1 Å². The highest BCUT2D eigenvalue weighted by molar-refractivity contribution is 5.82. The molecule has 1 N–H and O–H groups in total. The van der Waals surface area contributed by atoms with Crippen LogP contribution >= 0.6 is 0 Å². The first-order valence-corrected chi connectivity index (χ1v) is 12.4. The summed E-state index contributed by atoms with van der Waals surface area (Å²) in [6.45, 7) is 1.75. The number of benzene rings is 1. The fourth-order valence-corrected chi connectivity index (χ4v) is 4.74. The van der Waals surface area contributed by atoms with Gasteiger partial charge in [-0.3, -0.25) is 4.79 Å². The second-order valence-electron chi connectivity index (χ2n) is 9.52. The predicted molar refractivity (Wildman–Crippen MR) is 129 cm³/mol. The van der Waals surface area contributed by atoms with Gasteiger partial charge >= 0.3 is 6.01 Å². The second kappa shape index (κ2) is 9.77. The molecule has 0 bridgehead atoms. The lowest BCUT2D eigenvalue weighted by atomic mass is 9.97.